The van der Waals surface area contributed by atoms with Crippen LogP contribution in [0.25, 0.3) is 0 Å². The molecule has 1 aromatic heterocycles. The van der Waals surface area contributed by atoms with E-state index in [4.69, 9.17) is 9.15 Å². The van der Waals surface area contributed by atoms with Gasteiger partial charge in [0.1, 0.15) is 17.6 Å². The molecule has 0 radical (unpaired) electrons. The fourth-order valence-electron chi connectivity index (χ4n) is 4.06. The van der Waals surface area contributed by atoms with Gasteiger partial charge in [-0.1, -0.05) is 18.2 Å². The van der Waals surface area contributed by atoms with E-state index in [9.17, 15) is 14.0 Å². The van der Waals surface area contributed by atoms with E-state index < -0.39 is 18.0 Å². The molecule has 1 aromatic carbocycles. The first-order chi connectivity index (χ1) is 15.5. The molecule has 9 heteroatoms. The maximum absolute atomic E-state index is 14.0. The lowest BCUT2D eigenvalue weighted by molar-refractivity contribution is -0.139. The highest BCUT2D eigenvalue weighted by Gasteiger charge is 2.36. The number of nitrogens with zero attached hydrogens (tertiary/aromatic N) is 2. The van der Waals surface area contributed by atoms with E-state index in [1.165, 1.54) is 12.3 Å². The van der Waals surface area contributed by atoms with Crippen molar-refractivity contribution in [1.29, 1.82) is 0 Å². The number of amides is 2. The van der Waals surface area contributed by atoms with Gasteiger partial charge in [0, 0.05) is 50.5 Å². The van der Waals surface area contributed by atoms with Gasteiger partial charge in [-0.25, -0.2) is 14.0 Å². The second-order valence-corrected chi connectivity index (χ2v) is 7.80. The quantitative estimate of drug-likeness (QED) is 0.641. The van der Waals surface area contributed by atoms with E-state index in [0.29, 0.717) is 35.7 Å². The topological polar surface area (TPSA) is 87.0 Å². The number of carbonyl (C=O) groups is 2. The smallest absolute Gasteiger partial charge is 0.338 e. The highest BCUT2D eigenvalue weighted by Crippen LogP contribution is 2.28. The molecule has 2 amide bonds. The van der Waals surface area contributed by atoms with Crippen molar-refractivity contribution in [2.75, 3.05) is 39.3 Å². The maximum Gasteiger partial charge on any atom is 0.338 e. The van der Waals surface area contributed by atoms with Gasteiger partial charge < -0.3 is 19.8 Å². The van der Waals surface area contributed by atoms with E-state index in [-0.39, 0.29) is 12.4 Å². The third-order valence-corrected chi connectivity index (χ3v) is 5.68. The lowest BCUT2D eigenvalue weighted by atomic mass is 9.99. The molecular formula is C23H27FN4O4. The summed E-state index contributed by atoms with van der Waals surface area (Å²) < 4.78 is 24.7. The Bertz CT molecular complexity index is 984. The van der Waals surface area contributed by atoms with Crippen LogP contribution in [0.15, 0.2) is 58.3 Å². The van der Waals surface area contributed by atoms with Crippen LogP contribution in [0.2, 0.25) is 0 Å². The average molecular weight is 442 g/mol. The highest BCUT2D eigenvalue weighted by molar-refractivity contribution is 5.95. The van der Waals surface area contributed by atoms with Crippen molar-refractivity contribution in [2.45, 2.75) is 19.5 Å². The molecule has 170 valence electrons. The van der Waals surface area contributed by atoms with Gasteiger partial charge in [-0.05, 0) is 25.1 Å². The molecule has 2 aliphatic rings. The van der Waals surface area contributed by atoms with E-state index in [1.54, 1.807) is 31.2 Å². The van der Waals surface area contributed by atoms with Crippen LogP contribution in [-0.2, 0) is 16.1 Å². The van der Waals surface area contributed by atoms with Gasteiger partial charge in [-0.2, -0.15) is 0 Å². The first-order valence-corrected chi connectivity index (χ1v) is 10.7. The molecule has 8 nitrogen and oxygen atoms in total. The number of urea groups is 1. The number of furan rings is 1. The van der Waals surface area contributed by atoms with E-state index in [0.717, 1.165) is 26.2 Å². The molecule has 0 saturated carbocycles. The van der Waals surface area contributed by atoms with Crippen LogP contribution in [0.3, 0.4) is 0 Å². The lowest BCUT2D eigenvalue weighted by Gasteiger charge is -2.36. The van der Waals surface area contributed by atoms with Crippen LogP contribution in [0.5, 0.6) is 0 Å². The van der Waals surface area contributed by atoms with Gasteiger partial charge in [-0.3, -0.25) is 9.80 Å². The minimum Gasteiger partial charge on any atom is -0.467 e. The number of rotatable bonds is 7. The van der Waals surface area contributed by atoms with Crippen molar-refractivity contribution in [3.8, 4) is 0 Å². The Morgan fingerprint density at radius 2 is 1.84 bits per heavy atom. The molecule has 1 fully saturated rings. The van der Waals surface area contributed by atoms with Crippen LogP contribution >= 0.6 is 0 Å². The zero-order chi connectivity index (χ0) is 22.5. The number of piperazine rings is 1. The van der Waals surface area contributed by atoms with Crippen molar-refractivity contribution in [3.05, 3.63) is 71.1 Å². The molecule has 0 aliphatic carbocycles. The normalized spacial score (nSPS) is 20.1. The van der Waals surface area contributed by atoms with Crippen LogP contribution in [-0.4, -0.2) is 61.1 Å². The van der Waals surface area contributed by atoms with E-state index >= 15 is 0 Å². The Labute approximate surface area is 186 Å². The third kappa shape index (κ3) is 5.00. The SMILES string of the molecule is CCOC(=O)C1=C(CN2CCN(Cc3ccccc3F)CC2)NC(=O)NC1c1ccco1. The monoisotopic (exact) mass is 442 g/mol. The zero-order valence-corrected chi connectivity index (χ0v) is 18.0. The molecule has 0 bridgehead atoms. The van der Waals surface area contributed by atoms with Gasteiger partial charge in [-0.15, -0.1) is 0 Å². The minimum absolute atomic E-state index is 0.194. The molecule has 2 aliphatic heterocycles. The van der Waals surface area contributed by atoms with E-state index in [2.05, 4.69) is 20.4 Å². The standard InChI is InChI=1S/C23H27FN4O4/c1-2-31-22(29)20-18(25-23(30)26-21(20)19-8-5-13-32-19)15-28-11-9-27(10-12-28)14-16-6-3-4-7-17(16)24/h3-8,13,21H,2,9-12,14-15H2,1H3,(H2,25,26,30). The van der Waals surface area contributed by atoms with Crippen molar-refractivity contribution in [1.82, 2.24) is 20.4 Å². The number of hydrogen-bond acceptors (Lipinski definition) is 6. The summed E-state index contributed by atoms with van der Waals surface area (Å²) in [4.78, 5) is 29.5. The van der Waals surface area contributed by atoms with Crippen molar-refractivity contribution in [2.24, 2.45) is 0 Å². The highest BCUT2D eigenvalue weighted by atomic mass is 19.1. The Balaban J connectivity index is 1.47. The number of esters is 1. The summed E-state index contributed by atoms with van der Waals surface area (Å²) in [6, 6.07) is 9.13. The first-order valence-electron chi connectivity index (χ1n) is 10.7. The number of carbonyl (C=O) groups excluding carboxylic acids is 2. The Hall–Kier alpha value is -3.17. The van der Waals surface area contributed by atoms with Gasteiger partial charge in [0.2, 0.25) is 0 Å². The molecule has 1 saturated heterocycles. The Kier molecular flexibility index (Phi) is 6.87. The summed E-state index contributed by atoms with van der Waals surface area (Å²) >= 11 is 0. The summed E-state index contributed by atoms with van der Waals surface area (Å²) in [6.07, 6.45) is 1.50. The second kappa shape index (κ2) is 9.97. The third-order valence-electron chi connectivity index (χ3n) is 5.68. The molecular weight excluding hydrogens is 415 g/mol. The van der Waals surface area contributed by atoms with Gasteiger partial charge in [0.25, 0.3) is 0 Å². The fraction of sp³-hybridized carbons (Fsp3) is 0.391. The molecule has 32 heavy (non-hydrogen) atoms. The molecule has 0 spiro atoms. The van der Waals surface area contributed by atoms with E-state index in [1.807, 2.05) is 6.07 Å². The van der Waals surface area contributed by atoms with Gasteiger partial charge in [0.15, 0.2) is 0 Å². The predicted octanol–water partition coefficient (Wildman–Crippen LogP) is 2.41. The number of nitrogens with one attached hydrogen (secondary N) is 2. The number of hydrogen-bond donors (Lipinski definition) is 2. The maximum atomic E-state index is 14.0. The molecule has 2 N–H and O–H groups in total. The van der Waals surface area contributed by atoms with Gasteiger partial charge >= 0.3 is 12.0 Å². The van der Waals surface area contributed by atoms with Crippen molar-refractivity contribution >= 4 is 12.0 Å². The minimum atomic E-state index is -0.713. The Morgan fingerprint density at radius 3 is 2.50 bits per heavy atom. The molecule has 3 heterocycles. The first kappa shape index (κ1) is 22.0. The summed E-state index contributed by atoms with van der Waals surface area (Å²) in [6.45, 7) is 5.87. The molecule has 4 rings (SSSR count). The zero-order valence-electron chi connectivity index (χ0n) is 18.0. The van der Waals surface area contributed by atoms with Crippen LogP contribution in [0.4, 0.5) is 9.18 Å². The van der Waals surface area contributed by atoms with Crippen molar-refractivity contribution < 1.29 is 23.1 Å². The van der Waals surface area contributed by atoms with Crippen molar-refractivity contribution in [3.63, 3.8) is 0 Å². The van der Waals surface area contributed by atoms with Crippen LogP contribution in [0.1, 0.15) is 24.3 Å². The largest absolute Gasteiger partial charge is 0.467 e. The summed E-state index contributed by atoms with van der Waals surface area (Å²) in [5.41, 5.74) is 1.53. The molecule has 1 unspecified atom stereocenters. The Morgan fingerprint density at radius 1 is 1.12 bits per heavy atom. The number of benzene rings is 1. The number of ether oxygens (including phenoxy) is 1. The number of halogens is 1. The van der Waals surface area contributed by atoms with Gasteiger partial charge in [0.05, 0.1) is 18.4 Å². The molecule has 1 atom stereocenters. The van der Waals surface area contributed by atoms with Crippen LogP contribution in [0, 0.1) is 5.82 Å². The predicted molar refractivity (Wildman–Crippen MR) is 115 cm³/mol. The summed E-state index contributed by atoms with van der Waals surface area (Å²) in [7, 11) is 0. The lowest BCUT2D eigenvalue weighted by Crippen LogP contribution is -2.51. The summed E-state index contributed by atoms with van der Waals surface area (Å²) in [5.74, 6) is -0.217. The average Bonchev–Trinajstić information content (AvgIpc) is 3.31. The second-order valence-electron chi connectivity index (χ2n) is 7.80. The fourth-order valence-corrected chi connectivity index (χ4v) is 4.06. The summed E-state index contributed by atoms with van der Waals surface area (Å²) in [5, 5.41) is 5.54. The molecule has 2 aromatic rings. The van der Waals surface area contributed by atoms with Crippen LogP contribution < -0.4 is 10.6 Å².